The largest absolute Gasteiger partial charge is 0.497 e. The van der Waals surface area contributed by atoms with Crippen LogP contribution >= 0.6 is 11.3 Å². The molecular formula is C22H23N3O3S. The van der Waals surface area contributed by atoms with Gasteiger partial charge in [0.1, 0.15) is 11.8 Å². The van der Waals surface area contributed by atoms with E-state index in [1.165, 1.54) is 11.3 Å². The number of carbonyl (C=O) groups excluding carboxylic acids is 2. The molecule has 6 nitrogen and oxygen atoms in total. The van der Waals surface area contributed by atoms with E-state index in [2.05, 4.69) is 15.6 Å². The van der Waals surface area contributed by atoms with Crippen molar-refractivity contribution in [3.63, 3.8) is 0 Å². The van der Waals surface area contributed by atoms with E-state index in [0.29, 0.717) is 13.0 Å². The number of methoxy groups -OCH3 is 1. The number of hydrogen-bond acceptors (Lipinski definition) is 5. The number of nitrogens with one attached hydrogen (secondary N) is 2. The Kier molecular flexibility index (Phi) is 7.35. The molecule has 0 fully saturated rings. The molecular weight excluding hydrogens is 386 g/mol. The summed E-state index contributed by atoms with van der Waals surface area (Å²) in [7, 11) is 1.60. The summed E-state index contributed by atoms with van der Waals surface area (Å²) in [6.07, 6.45) is 0.604. The Morgan fingerprint density at radius 1 is 1.07 bits per heavy atom. The number of carbonyl (C=O) groups is 2. The van der Waals surface area contributed by atoms with Gasteiger partial charge >= 0.3 is 0 Å². The average Bonchev–Trinajstić information content (AvgIpc) is 3.26. The van der Waals surface area contributed by atoms with Crippen LogP contribution in [0.1, 0.15) is 16.8 Å². The molecule has 3 rings (SSSR count). The van der Waals surface area contributed by atoms with Crippen molar-refractivity contribution in [1.82, 2.24) is 15.6 Å². The second-order valence-corrected chi connectivity index (χ2v) is 7.25. The SMILES string of the molecule is COc1ccc(CC(=O)N[C@H](Cc2ccccc2)C(=O)NCc2cscn2)cc1. The Labute approximate surface area is 173 Å². The normalized spacial score (nSPS) is 11.5. The Bertz CT molecular complexity index is 912. The van der Waals surface area contributed by atoms with Gasteiger partial charge in [-0.25, -0.2) is 4.98 Å². The van der Waals surface area contributed by atoms with Crippen LogP contribution < -0.4 is 15.4 Å². The molecule has 1 atom stereocenters. The molecule has 0 saturated carbocycles. The van der Waals surface area contributed by atoms with Crippen molar-refractivity contribution in [3.05, 3.63) is 82.3 Å². The zero-order valence-electron chi connectivity index (χ0n) is 16.1. The summed E-state index contributed by atoms with van der Waals surface area (Å²) in [4.78, 5) is 29.5. The van der Waals surface area contributed by atoms with Gasteiger partial charge in [0.2, 0.25) is 11.8 Å². The molecule has 150 valence electrons. The van der Waals surface area contributed by atoms with Crippen LogP contribution in [0.4, 0.5) is 0 Å². The van der Waals surface area contributed by atoms with Gasteiger partial charge in [-0.05, 0) is 23.3 Å². The summed E-state index contributed by atoms with van der Waals surface area (Å²) in [6.45, 7) is 0.335. The molecule has 1 heterocycles. The number of rotatable bonds is 9. The lowest BCUT2D eigenvalue weighted by atomic mass is 10.0. The Hall–Kier alpha value is -3.19. The van der Waals surface area contributed by atoms with E-state index < -0.39 is 6.04 Å². The number of ether oxygens (including phenoxy) is 1. The summed E-state index contributed by atoms with van der Waals surface area (Å²) < 4.78 is 5.14. The number of thiazole rings is 1. The molecule has 0 aliphatic carbocycles. The highest BCUT2D eigenvalue weighted by Gasteiger charge is 2.21. The summed E-state index contributed by atoms with van der Waals surface area (Å²) in [5, 5.41) is 7.62. The molecule has 0 radical (unpaired) electrons. The lowest BCUT2D eigenvalue weighted by molar-refractivity contribution is -0.128. The molecule has 2 aromatic carbocycles. The van der Waals surface area contributed by atoms with Crippen LogP contribution in [0.2, 0.25) is 0 Å². The van der Waals surface area contributed by atoms with Crippen LogP contribution in [0.15, 0.2) is 65.5 Å². The van der Waals surface area contributed by atoms with Crippen molar-refractivity contribution in [1.29, 1.82) is 0 Å². The lowest BCUT2D eigenvalue weighted by Gasteiger charge is -2.18. The zero-order valence-corrected chi connectivity index (χ0v) is 16.9. The molecule has 2 amide bonds. The highest BCUT2D eigenvalue weighted by molar-refractivity contribution is 7.07. The molecule has 0 unspecified atom stereocenters. The van der Waals surface area contributed by atoms with Crippen LogP contribution in [-0.2, 0) is 29.0 Å². The molecule has 3 aromatic rings. The molecule has 0 aliphatic heterocycles. The van der Waals surface area contributed by atoms with E-state index in [4.69, 9.17) is 4.74 Å². The fourth-order valence-corrected chi connectivity index (χ4v) is 3.42. The van der Waals surface area contributed by atoms with Crippen molar-refractivity contribution in [2.45, 2.75) is 25.4 Å². The van der Waals surface area contributed by atoms with Crippen molar-refractivity contribution >= 4 is 23.2 Å². The third-order valence-electron chi connectivity index (χ3n) is 4.39. The molecule has 29 heavy (non-hydrogen) atoms. The molecule has 0 spiro atoms. The van der Waals surface area contributed by atoms with E-state index in [1.54, 1.807) is 12.6 Å². The predicted molar refractivity (Wildman–Crippen MR) is 113 cm³/mol. The first kappa shape index (κ1) is 20.5. The third kappa shape index (κ3) is 6.43. The summed E-state index contributed by atoms with van der Waals surface area (Å²) >= 11 is 1.48. The number of aromatic nitrogens is 1. The van der Waals surface area contributed by atoms with E-state index in [9.17, 15) is 9.59 Å². The highest BCUT2D eigenvalue weighted by atomic mass is 32.1. The first-order valence-corrected chi connectivity index (χ1v) is 10.2. The Balaban J connectivity index is 1.64. The maximum Gasteiger partial charge on any atom is 0.243 e. The standard InChI is InChI=1S/C22H23N3O3S/c1-28-19-9-7-17(8-10-19)12-21(26)25-20(11-16-5-3-2-4-6-16)22(27)23-13-18-14-29-15-24-18/h2-10,14-15,20H,11-13H2,1H3,(H,23,27)(H,25,26)/t20-/m1/s1. The minimum atomic E-state index is -0.665. The number of benzene rings is 2. The maximum absolute atomic E-state index is 12.7. The van der Waals surface area contributed by atoms with Crippen molar-refractivity contribution in [3.8, 4) is 5.75 Å². The summed E-state index contributed by atoms with van der Waals surface area (Å²) in [5.41, 5.74) is 4.35. The third-order valence-corrected chi connectivity index (χ3v) is 5.02. The molecule has 0 saturated heterocycles. The van der Waals surface area contributed by atoms with Gasteiger partial charge in [-0.1, -0.05) is 42.5 Å². The molecule has 2 N–H and O–H groups in total. The topological polar surface area (TPSA) is 80.3 Å². The van der Waals surface area contributed by atoms with Crippen molar-refractivity contribution in [2.24, 2.45) is 0 Å². The lowest BCUT2D eigenvalue weighted by Crippen LogP contribution is -2.48. The first-order valence-electron chi connectivity index (χ1n) is 9.25. The van der Waals surface area contributed by atoms with Crippen LogP contribution in [0, 0.1) is 0 Å². The van der Waals surface area contributed by atoms with Gasteiger partial charge in [0, 0.05) is 11.8 Å². The predicted octanol–water partition coefficient (Wildman–Crippen LogP) is 2.74. The van der Waals surface area contributed by atoms with Crippen molar-refractivity contribution in [2.75, 3.05) is 7.11 Å². The van der Waals surface area contributed by atoms with E-state index in [-0.39, 0.29) is 18.2 Å². The van der Waals surface area contributed by atoms with E-state index >= 15 is 0 Å². The van der Waals surface area contributed by atoms with Gasteiger partial charge < -0.3 is 15.4 Å². The maximum atomic E-state index is 12.7. The van der Waals surface area contributed by atoms with Gasteiger partial charge in [0.15, 0.2) is 0 Å². The van der Waals surface area contributed by atoms with Crippen LogP contribution in [0.3, 0.4) is 0 Å². The average molecular weight is 410 g/mol. The zero-order chi connectivity index (χ0) is 20.5. The van der Waals surface area contributed by atoms with Gasteiger partial charge in [-0.3, -0.25) is 9.59 Å². The van der Waals surface area contributed by atoms with Crippen molar-refractivity contribution < 1.29 is 14.3 Å². The van der Waals surface area contributed by atoms with Crippen LogP contribution in [-0.4, -0.2) is 29.9 Å². The first-order chi connectivity index (χ1) is 14.1. The Morgan fingerprint density at radius 2 is 1.83 bits per heavy atom. The quantitative estimate of drug-likeness (QED) is 0.570. The Morgan fingerprint density at radius 3 is 2.48 bits per heavy atom. The number of nitrogens with zero attached hydrogens (tertiary/aromatic N) is 1. The molecule has 0 bridgehead atoms. The van der Waals surface area contributed by atoms with E-state index in [0.717, 1.165) is 22.6 Å². The van der Waals surface area contributed by atoms with Gasteiger partial charge in [-0.2, -0.15) is 0 Å². The fraction of sp³-hybridized carbons (Fsp3) is 0.227. The molecule has 7 heteroatoms. The molecule has 1 aromatic heterocycles. The highest BCUT2D eigenvalue weighted by Crippen LogP contribution is 2.12. The monoisotopic (exact) mass is 409 g/mol. The minimum Gasteiger partial charge on any atom is -0.497 e. The second-order valence-electron chi connectivity index (χ2n) is 6.53. The van der Waals surface area contributed by atoms with Gasteiger partial charge in [0.05, 0.1) is 31.3 Å². The van der Waals surface area contributed by atoms with Crippen LogP contribution in [0.5, 0.6) is 5.75 Å². The minimum absolute atomic E-state index is 0.189. The second kappa shape index (κ2) is 10.4. The van der Waals surface area contributed by atoms with Gasteiger partial charge in [-0.15, -0.1) is 11.3 Å². The number of hydrogen-bond donors (Lipinski definition) is 2. The smallest absolute Gasteiger partial charge is 0.243 e. The van der Waals surface area contributed by atoms with Crippen LogP contribution in [0.25, 0.3) is 0 Å². The number of amides is 2. The summed E-state index contributed by atoms with van der Waals surface area (Å²) in [6, 6.07) is 16.3. The summed E-state index contributed by atoms with van der Waals surface area (Å²) in [5.74, 6) is 0.294. The van der Waals surface area contributed by atoms with Gasteiger partial charge in [0.25, 0.3) is 0 Å². The molecule has 0 aliphatic rings. The van der Waals surface area contributed by atoms with E-state index in [1.807, 2.05) is 60.0 Å². The fourth-order valence-electron chi connectivity index (χ4n) is 2.86.